The number of hydrogen-bond donors (Lipinski definition) is 1. The monoisotopic (exact) mass is 571 g/mol. The molecule has 0 saturated carbocycles. The van der Waals surface area contributed by atoms with Gasteiger partial charge in [-0.1, -0.05) is 23.5 Å². The fraction of sp³-hybridized carbons (Fsp3) is 0.536. The Morgan fingerprint density at radius 3 is 2.56 bits per heavy atom. The fourth-order valence-electron chi connectivity index (χ4n) is 5.00. The van der Waals surface area contributed by atoms with Crippen molar-refractivity contribution in [2.75, 3.05) is 36.8 Å². The number of hydrogen-bond acceptors (Lipinski definition) is 9. The van der Waals surface area contributed by atoms with E-state index in [-0.39, 0.29) is 11.9 Å². The highest BCUT2D eigenvalue weighted by Crippen LogP contribution is 2.33. The maximum Gasteiger partial charge on any atom is 0.274 e. The van der Waals surface area contributed by atoms with Crippen molar-refractivity contribution in [3.05, 3.63) is 47.8 Å². The van der Waals surface area contributed by atoms with Crippen molar-refractivity contribution >= 4 is 43.1 Å². The zero-order valence-corrected chi connectivity index (χ0v) is 24.5. The molecule has 1 aromatic carbocycles. The molecule has 5 rings (SSSR count). The van der Waals surface area contributed by atoms with E-state index in [2.05, 4.69) is 27.0 Å². The SMILES string of the molecule is Cc1cnc(N2CCC(Oc3nc4ccc(C5=CCN(S(=O)(=O)CCCC(C)(C)O)CC5)cc4s3)CC2)nc1. The first-order chi connectivity index (χ1) is 18.6. The van der Waals surface area contributed by atoms with Crippen molar-refractivity contribution < 1.29 is 18.3 Å². The molecule has 0 spiro atoms. The molecule has 1 fully saturated rings. The van der Waals surface area contributed by atoms with E-state index in [9.17, 15) is 13.5 Å². The number of sulfonamides is 1. The third kappa shape index (κ3) is 7.13. The Labute approximate surface area is 234 Å². The number of aromatic nitrogens is 3. The summed E-state index contributed by atoms with van der Waals surface area (Å²) in [5.74, 6) is 0.837. The minimum atomic E-state index is -3.33. The Hall–Kier alpha value is -2.60. The van der Waals surface area contributed by atoms with Gasteiger partial charge in [-0.05, 0) is 68.9 Å². The summed E-state index contributed by atoms with van der Waals surface area (Å²) >= 11 is 1.56. The van der Waals surface area contributed by atoms with Gasteiger partial charge in [0.05, 0.1) is 21.6 Å². The smallest absolute Gasteiger partial charge is 0.274 e. The van der Waals surface area contributed by atoms with Crippen LogP contribution in [0.3, 0.4) is 0 Å². The first kappa shape index (κ1) is 27.9. The van der Waals surface area contributed by atoms with E-state index < -0.39 is 15.6 Å². The quantitative estimate of drug-likeness (QED) is 0.402. The van der Waals surface area contributed by atoms with Gasteiger partial charge in [0.1, 0.15) is 6.10 Å². The summed E-state index contributed by atoms with van der Waals surface area (Å²) in [6.45, 7) is 7.94. The Bertz CT molecular complexity index is 1420. The average Bonchev–Trinajstić information content (AvgIpc) is 3.30. The number of benzene rings is 1. The van der Waals surface area contributed by atoms with Gasteiger partial charge < -0.3 is 14.7 Å². The Morgan fingerprint density at radius 1 is 1.15 bits per heavy atom. The molecule has 0 radical (unpaired) electrons. The second-order valence-corrected chi connectivity index (χ2v) is 14.2. The van der Waals surface area contributed by atoms with Gasteiger partial charge in [0, 0.05) is 51.4 Å². The van der Waals surface area contributed by atoms with Crippen molar-refractivity contribution in [2.24, 2.45) is 0 Å². The number of aryl methyl sites for hydroxylation is 1. The van der Waals surface area contributed by atoms with E-state index in [0.717, 1.165) is 58.8 Å². The lowest BCUT2D eigenvalue weighted by atomic mass is 10.0. The summed E-state index contributed by atoms with van der Waals surface area (Å²) in [5, 5.41) is 10.6. The zero-order valence-electron chi connectivity index (χ0n) is 22.8. The number of fused-ring (bicyclic) bond motifs is 1. The van der Waals surface area contributed by atoms with Crippen LogP contribution < -0.4 is 9.64 Å². The molecule has 0 aliphatic carbocycles. The van der Waals surface area contributed by atoms with Crippen LogP contribution in [0.1, 0.15) is 57.1 Å². The first-order valence-corrected chi connectivity index (χ1v) is 16.0. The van der Waals surface area contributed by atoms with Crippen LogP contribution in [0.15, 0.2) is 36.7 Å². The molecule has 0 bridgehead atoms. The molecule has 2 aliphatic rings. The van der Waals surface area contributed by atoms with E-state index >= 15 is 0 Å². The summed E-state index contributed by atoms with van der Waals surface area (Å²) < 4.78 is 34.4. The fourth-order valence-corrected chi connectivity index (χ4v) is 7.36. The molecule has 11 heteroatoms. The first-order valence-electron chi connectivity index (χ1n) is 13.6. The van der Waals surface area contributed by atoms with Crippen LogP contribution >= 0.6 is 11.3 Å². The molecule has 0 atom stereocenters. The lowest BCUT2D eigenvalue weighted by Crippen LogP contribution is -2.39. The number of thiazole rings is 1. The number of anilines is 1. The van der Waals surface area contributed by atoms with Crippen molar-refractivity contribution in [3.63, 3.8) is 0 Å². The molecule has 1 N–H and O–H groups in total. The molecule has 210 valence electrons. The van der Waals surface area contributed by atoms with Crippen LogP contribution in [0.2, 0.25) is 0 Å². The highest BCUT2D eigenvalue weighted by molar-refractivity contribution is 7.89. The van der Waals surface area contributed by atoms with Gasteiger partial charge in [0.15, 0.2) is 0 Å². The molecule has 39 heavy (non-hydrogen) atoms. The highest BCUT2D eigenvalue weighted by Gasteiger charge is 2.26. The van der Waals surface area contributed by atoms with Crippen molar-refractivity contribution in [1.29, 1.82) is 0 Å². The summed E-state index contributed by atoms with van der Waals surface area (Å²) in [5.41, 5.74) is 3.38. The second kappa shape index (κ2) is 11.5. The predicted octanol–water partition coefficient (Wildman–Crippen LogP) is 4.41. The molecule has 1 saturated heterocycles. The normalized spacial score (nSPS) is 17.9. The number of piperidine rings is 1. The van der Waals surface area contributed by atoms with E-state index in [1.165, 1.54) is 0 Å². The van der Waals surface area contributed by atoms with Crippen molar-refractivity contribution in [3.8, 4) is 5.19 Å². The van der Waals surface area contributed by atoms with Gasteiger partial charge in [-0.25, -0.2) is 23.4 Å². The van der Waals surface area contributed by atoms with E-state index in [0.29, 0.717) is 37.5 Å². The number of rotatable bonds is 9. The molecule has 2 aromatic heterocycles. The molecule has 4 heterocycles. The number of aliphatic hydroxyl groups is 1. The summed E-state index contributed by atoms with van der Waals surface area (Å²) in [7, 11) is -3.33. The molecule has 9 nitrogen and oxygen atoms in total. The van der Waals surface area contributed by atoms with E-state index in [1.54, 1.807) is 29.5 Å². The van der Waals surface area contributed by atoms with Gasteiger partial charge in [0.25, 0.3) is 5.19 Å². The summed E-state index contributed by atoms with van der Waals surface area (Å²) in [6.07, 6.45) is 9.19. The Morgan fingerprint density at radius 2 is 1.90 bits per heavy atom. The average molecular weight is 572 g/mol. The lowest BCUT2D eigenvalue weighted by molar-refractivity contribution is 0.0704. The van der Waals surface area contributed by atoms with Crippen molar-refractivity contribution in [1.82, 2.24) is 19.3 Å². The largest absolute Gasteiger partial charge is 0.467 e. The maximum absolute atomic E-state index is 12.7. The second-order valence-electron chi connectivity index (χ2n) is 11.1. The predicted molar refractivity (Wildman–Crippen MR) is 156 cm³/mol. The third-order valence-corrected chi connectivity index (χ3v) is 10.1. The van der Waals surface area contributed by atoms with Crippen molar-refractivity contribution in [2.45, 2.75) is 64.6 Å². The van der Waals surface area contributed by atoms with E-state index in [1.807, 2.05) is 31.5 Å². The van der Waals surface area contributed by atoms with Crippen LogP contribution in [-0.4, -0.2) is 76.4 Å². The molecular weight excluding hydrogens is 534 g/mol. The highest BCUT2D eigenvalue weighted by atomic mass is 32.2. The van der Waals surface area contributed by atoms with Crippen LogP contribution in [-0.2, 0) is 10.0 Å². The number of ether oxygens (including phenoxy) is 1. The standard InChI is InChI=1S/C28H37N5O4S2/c1-20-18-29-26(30-19-20)32-12-9-23(10-13-32)37-27-31-24-6-5-22(17-25(24)38-27)21-7-14-33(15-8-21)39(35,36)16-4-11-28(2,3)34/h5-7,17-19,23,34H,4,8-16H2,1-3H3. The molecule has 3 aromatic rings. The minimum absolute atomic E-state index is 0.0640. The third-order valence-electron chi connectivity index (χ3n) is 7.26. The lowest BCUT2D eigenvalue weighted by Gasteiger charge is -2.31. The van der Waals surface area contributed by atoms with Crippen LogP contribution in [0, 0.1) is 6.92 Å². The zero-order chi connectivity index (χ0) is 27.6. The molecule has 2 aliphatic heterocycles. The topological polar surface area (TPSA) is 109 Å². The van der Waals surface area contributed by atoms with Gasteiger partial charge >= 0.3 is 0 Å². The minimum Gasteiger partial charge on any atom is -0.467 e. The van der Waals surface area contributed by atoms with Crippen LogP contribution in [0.4, 0.5) is 5.95 Å². The molecule has 0 amide bonds. The van der Waals surface area contributed by atoms with Crippen LogP contribution in [0.5, 0.6) is 5.19 Å². The van der Waals surface area contributed by atoms with Gasteiger partial charge in [-0.2, -0.15) is 4.31 Å². The molecular formula is C28H37N5O4S2. The summed E-state index contributed by atoms with van der Waals surface area (Å²) in [6, 6.07) is 6.22. The summed E-state index contributed by atoms with van der Waals surface area (Å²) in [4.78, 5) is 15.8. The maximum atomic E-state index is 12.7. The number of nitrogens with zero attached hydrogens (tertiary/aromatic N) is 5. The molecule has 0 unspecified atom stereocenters. The Kier molecular flexibility index (Phi) is 8.23. The Balaban J connectivity index is 1.17. The van der Waals surface area contributed by atoms with E-state index in [4.69, 9.17) is 9.72 Å². The van der Waals surface area contributed by atoms with Gasteiger partial charge in [0.2, 0.25) is 16.0 Å². The van der Waals surface area contributed by atoms with Gasteiger partial charge in [-0.3, -0.25) is 0 Å². The van der Waals surface area contributed by atoms with Gasteiger partial charge in [-0.15, -0.1) is 0 Å². The van der Waals surface area contributed by atoms with Crippen LogP contribution in [0.25, 0.3) is 15.8 Å².